The maximum absolute atomic E-state index is 12.7. The van der Waals surface area contributed by atoms with Crippen LogP contribution in [0, 0.1) is 17.8 Å². The average molecular weight is 463 g/mol. The molecule has 0 aromatic heterocycles. The summed E-state index contributed by atoms with van der Waals surface area (Å²) in [6.07, 6.45) is 13.2. The third kappa shape index (κ3) is 5.14. The van der Waals surface area contributed by atoms with E-state index in [-0.39, 0.29) is 11.4 Å². The van der Waals surface area contributed by atoms with Gasteiger partial charge in [0.25, 0.3) is 0 Å². The summed E-state index contributed by atoms with van der Waals surface area (Å²) in [6, 6.07) is 0. The van der Waals surface area contributed by atoms with Gasteiger partial charge in [0.1, 0.15) is 0 Å². The predicted octanol–water partition coefficient (Wildman–Crippen LogP) is 7.13. The number of epoxide rings is 1. The molecule has 2 heterocycles. The standard InChI is InChI=1S/C29H50O4/c1-20(2)12-9-13-21(3)14-10-15-22(4)16-11-18-26(6)19-17-24-23(5)25(30)27(7,31)28(8)29(24,32-26)33-28/h20-22,31H,9-19H2,1-8H3/t21-,22-,26-,27-,28+,29-/m1/s1. The number of ether oxygens (including phenoxy) is 2. The molecule has 4 heteroatoms. The summed E-state index contributed by atoms with van der Waals surface area (Å²) < 4.78 is 12.8. The van der Waals surface area contributed by atoms with Crippen molar-refractivity contribution in [3.8, 4) is 0 Å². The topological polar surface area (TPSA) is 59.1 Å². The van der Waals surface area contributed by atoms with Crippen LogP contribution in [0.2, 0.25) is 0 Å². The molecule has 2 fully saturated rings. The summed E-state index contributed by atoms with van der Waals surface area (Å²) in [5.74, 6) is 1.28. The number of hydrogen-bond acceptors (Lipinski definition) is 4. The number of aliphatic hydroxyl groups is 1. The molecule has 1 spiro atoms. The van der Waals surface area contributed by atoms with Gasteiger partial charge in [0.15, 0.2) is 17.0 Å². The molecule has 0 radical (unpaired) electrons. The second-order valence-electron chi connectivity index (χ2n) is 12.7. The molecule has 2 saturated heterocycles. The molecule has 0 saturated carbocycles. The van der Waals surface area contributed by atoms with Gasteiger partial charge >= 0.3 is 0 Å². The lowest BCUT2D eigenvalue weighted by molar-refractivity contribution is -0.165. The van der Waals surface area contributed by atoms with Crippen LogP contribution >= 0.6 is 0 Å². The summed E-state index contributed by atoms with van der Waals surface area (Å²) in [4.78, 5) is 12.7. The normalized spacial score (nSPS) is 37.7. The first-order chi connectivity index (χ1) is 15.3. The van der Waals surface area contributed by atoms with Crippen molar-refractivity contribution in [2.24, 2.45) is 17.8 Å². The monoisotopic (exact) mass is 462 g/mol. The van der Waals surface area contributed by atoms with Gasteiger partial charge in [-0.3, -0.25) is 4.79 Å². The van der Waals surface area contributed by atoms with Crippen LogP contribution in [0.15, 0.2) is 11.1 Å². The summed E-state index contributed by atoms with van der Waals surface area (Å²) in [5, 5.41) is 10.9. The van der Waals surface area contributed by atoms with Crippen molar-refractivity contribution < 1.29 is 19.4 Å². The Bertz CT molecular complexity index is 753. The van der Waals surface area contributed by atoms with Crippen LogP contribution in [0.25, 0.3) is 0 Å². The van der Waals surface area contributed by atoms with Crippen LogP contribution in [0.1, 0.15) is 126 Å². The van der Waals surface area contributed by atoms with Gasteiger partial charge in [-0.25, -0.2) is 0 Å². The minimum Gasteiger partial charge on any atom is -0.379 e. The molecule has 6 atom stereocenters. The third-order valence-electron chi connectivity index (χ3n) is 9.06. The maximum atomic E-state index is 12.7. The number of ketones is 1. The molecule has 1 N–H and O–H groups in total. The van der Waals surface area contributed by atoms with Gasteiger partial charge in [-0.1, -0.05) is 79.1 Å². The fourth-order valence-corrected chi connectivity index (χ4v) is 6.29. The SMILES string of the molecule is CC1=C2CC[C@@](C)(CCC[C@H](C)CCC[C@H](C)CCCC(C)C)O[C@@]23O[C@@]3(C)[C@](C)(O)C1=O. The zero-order valence-corrected chi connectivity index (χ0v) is 22.7. The van der Waals surface area contributed by atoms with Gasteiger partial charge in [0, 0.05) is 0 Å². The van der Waals surface area contributed by atoms with E-state index in [1.165, 1.54) is 44.9 Å². The first kappa shape index (κ1) is 26.9. The molecular formula is C29H50O4. The molecule has 33 heavy (non-hydrogen) atoms. The van der Waals surface area contributed by atoms with Crippen LogP contribution in [0.5, 0.6) is 0 Å². The van der Waals surface area contributed by atoms with Gasteiger partial charge < -0.3 is 14.6 Å². The smallest absolute Gasteiger partial charge is 0.226 e. The molecule has 2 aliphatic heterocycles. The van der Waals surface area contributed by atoms with E-state index in [0.29, 0.717) is 5.57 Å². The molecule has 0 unspecified atom stereocenters. The van der Waals surface area contributed by atoms with Gasteiger partial charge in [0.2, 0.25) is 5.79 Å². The summed E-state index contributed by atoms with van der Waals surface area (Å²) >= 11 is 0. The highest BCUT2D eigenvalue weighted by atomic mass is 16.8. The van der Waals surface area contributed by atoms with E-state index in [4.69, 9.17) is 9.47 Å². The molecule has 0 aromatic carbocycles. The van der Waals surface area contributed by atoms with Crippen molar-refractivity contribution in [1.29, 1.82) is 0 Å². The predicted molar refractivity (Wildman–Crippen MR) is 134 cm³/mol. The summed E-state index contributed by atoms with van der Waals surface area (Å²) in [7, 11) is 0. The quantitative estimate of drug-likeness (QED) is 0.313. The van der Waals surface area contributed by atoms with Crippen molar-refractivity contribution in [3.05, 3.63) is 11.1 Å². The Hall–Kier alpha value is -0.710. The Morgan fingerprint density at radius 1 is 0.879 bits per heavy atom. The largest absolute Gasteiger partial charge is 0.379 e. The molecule has 3 rings (SSSR count). The van der Waals surface area contributed by atoms with Crippen molar-refractivity contribution in [2.45, 2.75) is 149 Å². The highest BCUT2D eigenvalue weighted by molar-refractivity contribution is 6.05. The summed E-state index contributed by atoms with van der Waals surface area (Å²) in [5.41, 5.74) is -1.21. The number of rotatable bonds is 12. The Morgan fingerprint density at radius 3 is 2.00 bits per heavy atom. The number of carbonyl (C=O) groups excluding carboxylic acids is 1. The lowest BCUT2D eigenvalue weighted by Crippen LogP contribution is -2.59. The minimum absolute atomic E-state index is 0.219. The maximum Gasteiger partial charge on any atom is 0.226 e. The van der Waals surface area contributed by atoms with Crippen LogP contribution in [-0.2, 0) is 14.3 Å². The third-order valence-corrected chi connectivity index (χ3v) is 9.06. The Morgan fingerprint density at radius 2 is 1.42 bits per heavy atom. The first-order valence-electron chi connectivity index (χ1n) is 13.7. The van der Waals surface area contributed by atoms with Crippen LogP contribution in [-0.4, -0.2) is 33.5 Å². The first-order valence-corrected chi connectivity index (χ1v) is 13.7. The van der Waals surface area contributed by atoms with E-state index in [1.807, 2.05) is 13.8 Å². The van der Waals surface area contributed by atoms with E-state index < -0.39 is 17.0 Å². The van der Waals surface area contributed by atoms with E-state index >= 15 is 0 Å². The van der Waals surface area contributed by atoms with Crippen LogP contribution in [0.3, 0.4) is 0 Å². The van der Waals surface area contributed by atoms with Gasteiger partial charge in [-0.2, -0.15) is 0 Å². The van der Waals surface area contributed by atoms with Gasteiger partial charge in [0.05, 0.1) is 5.60 Å². The molecule has 3 aliphatic rings. The van der Waals surface area contributed by atoms with E-state index in [0.717, 1.165) is 49.0 Å². The summed E-state index contributed by atoms with van der Waals surface area (Å²) in [6.45, 7) is 16.8. The Kier molecular flexibility index (Phi) is 7.94. The molecule has 4 nitrogen and oxygen atoms in total. The number of carbonyl (C=O) groups is 1. The molecule has 190 valence electrons. The average Bonchev–Trinajstić information content (AvgIpc) is 3.31. The van der Waals surface area contributed by atoms with E-state index in [1.54, 1.807) is 6.92 Å². The zero-order valence-electron chi connectivity index (χ0n) is 22.7. The van der Waals surface area contributed by atoms with E-state index in [2.05, 4.69) is 34.6 Å². The molecule has 0 amide bonds. The molecule has 0 bridgehead atoms. The van der Waals surface area contributed by atoms with Gasteiger partial charge in [-0.05, 0) is 75.9 Å². The Balaban J connectivity index is 1.43. The fourth-order valence-electron chi connectivity index (χ4n) is 6.29. The molecule has 0 aromatic rings. The van der Waals surface area contributed by atoms with Crippen LogP contribution in [0.4, 0.5) is 0 Å². The molecular weight excluding hydrogens is 412 g/mol. The second kappa shape index (κ2) is 9.74. The lowest BCUT2D eigenvalue weighted by atomic mass is 9.68. The zero-order chi connectivity index (χ0) is 24.7. The van der Waals surface area contributed by atoms with Crippen molar-refractivity contribution in [1.82, 2.24) is 0 Å². The second-order valence-corrected chi connectivity index (χ2v) is 12.7. The number of hydrogen-bond donors (Lipinski definition) is 1. The highest BCUT2D eigenvalue weighted by Gasteiger charge is 2.83. The van der Waals surface area contributed by atoms with E-state index in [9.17, 15) is 9.90 Å². The van der Waals surface area contributed by atoms with Crippen molar-refractivity contribution in [3.63, 3.8) is 0 Å². The fraction of sp³-hybridized carbons (Fsp3) is 0.897. The lowest BCUT2D eigenvalue weighted by Gasteiger charge is -2.45. The van der Waals surface area contributed by atoms with Crippen LogP contribution < -0.4 is 0 Å². The highest BCUT2D eigenvalue weighted by Crippen LogP contribution is 2.67. The Labute approximate surface area is 202 Å². The number of Topliss-reactive ketones (excluding diaryl/α,β-unsaturated/α-hetero) is 1. The van der Waals surface area contributed by atoms with Gasteiger partial charge in [-0.15, -0.1) is 0 Å². The van der Waals surface area contributed by atoms with Crippen molar-refractivity contribution in [2.75, 3.05) is 0 Å². The molecule has 1 aliphatic carbocycles. The van der Waals surface area contributed by atoms with Crippen molar-refractivity contribution >= 4 is 5.78 Å². The minimum atomic E-state index is -1.54.